The maximum Gasteiger partial charge on any atom is 0.251 e. The maximum atomic E-state index is 12.3. The van der Waals surface area contributed by atoms with Crippen molar-refractivity contribution in [1.82, 2.24) is 10.3 Å². The van der Waals surface area contributed by atoms with Gasteiger partial charge in [0, 0.05) is 30.5 Å². The van der Waals surface area contributed by atoms with Crippen LogP contribution in [0.3, 0.4) is 0 Å². The lowest BCUT2D eigenvalue weighted by Gasteiger charge is -2.13. The van der Waals surface area contributed by atoms with Crippen LogP contribution >= 0.6 is 0 Å². The molecule has 0 aliphatic rings. The first-order chi connectivity index (χ1) is 11.2. The Morgan fingerprint density at radius 3 is 2.83 bits per heavy atom. The molecule has 23 heavy (non-hydrogen) atoms. The zero-order valence-electron chi connectivity index (χ0n) is 13.5. The van der Waals surface area contributed by atoms with Crippen LogP contribution in [-0.4, -0.2) is 36.3 Å². The lowest BCUT2D eigenvalue weighted by molar-refractivity contribution is 0.0945. The smallest absolute Gasteiger partial charge is 0.251 e. The van der Waals surface area contributed by atoms with Crippen molar-refractivity contribution in [2.75, 3.05) is 20.3 Å². The molecule has 1 amide bonds. The van der Waals surface area contributed by atoms with Gasteiger partial charge in [-0.1, -0.05) is 13.0 Å². The van der Waals surface area contributed by atoms with Gasteiger partial charge in [-0.2, -0.15) is 0 Å². The van der Waals surface area contributed by atoms with Gasteiger partial charge in [-0.15, -0.1) is 0 Å². The van der Waals surface area contributed by atoms with Crippen molar-refractivity contribution in [3.63, 3.8) is 0 Å². The number of carbonyl (C=O) groups is 1. The lowest BCUT2D eigenvalue weighted by atomic mass is 10.0. The number of benzene rings is 1. The molecule has 1 aromatic heterocycles. The summed E-state index contributed by atoms with van der Waals surface area (Å²) in [5, 5.41) is 11.8. The van der Waals surface area contributed by atoms with Crippen LogP contribution in [0.5, 0.6) is 5.75 Å². The Hall–Kier alpha value is -2.40. The van der Waals surface area contributed by atoms with Gasteiger partial charge in [0.15, 0.2) is 0 Å². The Balaban J connectivity index is 2.19. The van der Waals surface area contributed by atoms with Gasteiger partial charge in [-0.25, -0.2) is 0 Å². The number of aliphatic hydroxyl groups excluding tert-OH is 1. The third kappa shape index (κ3) is 4.53. The second-order valence-electron chi connectivity index (χ2n) is 5.46. The van der Waals surface area contributed by atoms with Crippen LogP contribution in [0.4, 0.5) is 0 Å². The molecule has 0 aliphatic heterocycles. The highest BCUT2D eigenvalue weighted by Crippen LogP contribution is 2.29. The van der Waals surface area contributed by atoms with Crippen molar-refractivity contribution in [2.45, 2.75) is 13.3 Å². The Labute approximate surface area is 136 Å². The van der Waals surface area contributed by atoms with Crippen LogP contribution in [0.2, 0.25) is 0 Å². The molecule has 1 atom stereocenters. The maximum absolute atomic E-state index is 12.3. The van der Waals surface area contributed by atoms with Gasteiger partial charge in [0.05, 0.1) is 12.8 Å². The van der Waals surface area contributed by atoms with Crippen LogP contribution in [0.1, 0.15) is 23.7 Å². The number of hydrogen-bond donors (Lipinski definition) is 2. The minimum atomic E-state index is -0.144. The van der Waals surface area contributed by atoms with E-state index in [-0.39, 0.29) is 18.4 Å². The predicted octanol–water partition coefficient (Wildman–Crippen LogP) is 2.51. The van der Waals surface area contributed by atoms with E-state index in [2.05, 4.69) is 10.3 Å². The number of methoxy groups -OCH3 is 1. The van der Waals surface area contributed by atoms with E-state index in [4.69, 9.17) is 9.84 Å². The Bertz CT molecular complexity index is 644. The third-order valence-electron chi connectivity index (χ3n) is 3.64. The van der Waals surface area contributed by atoms with Crippen molar-refractivity contribution in [3.8, 4) is 17.0 Å². The fourth-order valence-corrected chi connectivity index (χ4v) is 2.26. The van der Waals surface area contributed by atoms with Crippen LogP contribution in [0, 0.1) is 5.92 Å². The molecule has 0 aliphatic carbocycles. The molecule has 0 spiro atoms. The molecule has 0 saturated carbocycles. The summed E-state index contributed by atoms with van der Waals surface area (Å²) in [7, 11) is 1.60. The molecule has 0 bridgehead atoms. The predicted molar refractivity (Wildman–Crippen MR) is 89.4 cm³/mol. The second-order valence-corrected chi connectivity index (χ2v) is 5.46. The van der Waals surface area contributed by atoms with E-state index in [1.165, 1.54) is 0 Å². The zero-order valence-corrected chi connectivity index (χ0v) is 13.5. The largest absolute Gasteiger partial charge is 0.496 e. The molecule has 0 radical (unpaired) electrons. The number of aromatic nitrogens is 1. The van der Waals surface area contributed by atoms with Crippen molar-refractivity contribution >= 4 is 5.91 Å². The van der Waals surface area contributed by atoms with Gasteiger partial charge in [0.2, 0.25) is 0 Å². The molecule has 5 heteroatoms. The molecule has 2 rings (SSSR count). The highest BCUT2D eigenvalue weighted by molar-refractivity contribution is 5.96. The van der Waals surface area contributed by atoms with Crippen molar-refractivity contribution in [1.29, 1.82) is 0 Å². The van der Waals surface area contributed by atoms with Gasteiger partial charge in [-0.3, -0.25) is 9.78 Å². The third-order valence-corrected chi connectivity index (χ3v) is 3.64. The molecule has 0 fully saturated rings. The fraction of sp³-hybridized carbons (Fsp3) is 0.333. The summed E-state index contributed by atoms with van der Waals surface area (Å²) in [6.45, 7) is 2.65. The summed E-state index contributed by atoms with van der Waals surface area (Å²) >= 11 is 0. The average Bonchev–Trinajstić information content (AvgIpc) is 2.60. The van der Waals surface area contributed by atoms with E-state index in [1.54, 1.807) is 31.5 Å². The summed E-state index contributed by atoms with van der Waals surface area (Å²) < 4.78 is 5.37. The average molecular weight is 314 g/mol. The zero-order chi connectivity index (χ0) is 16.7. The molecule has 1 aromatic carbocycles. The van der Waals surface area contributed by atoms with Crippen LogP contribution in [0.15, 0.2) is 42.6 Å². The summed E-state index contributed by atoms with van der Waals surface area (Å²) in [5.41, 5.74) is 2.10. The first kappa shape index (κ1) is 17.0. The molecular weight excluding hydrogens is 292 g/mol. The molecule has 2 aromatic rings. The number of carbonyl (C=O) groups excluding carboxylic acids is 1. The van der Waals surface area contributed by atoms with E-state index in [0.29, 0.717) is 24.3 Å². The van der Waals surface area contributed by atoms with E-state index in [0.717, 1.165) is 11.3 Å². The monoisotopic (exact) mass is 314 g/mol. The number of aliphatic hydroxyl groups is 1. The topological polar surface area (TPSA) is 71.5 Å². The van der Waals surface area contributed by atoms with E-state index in [9.17, 15) is 4.79 Å². The Kier molecular flexibility index (Phi) is 6.11. The lowest BCUT2D eigenvalue weighted by Crippen LogP contribution is -2.28. The highest BCUT2D eigenvalue weighted by Gasteiger charge is 2.13. The molecular formula is C18H22N2O3. The summed E-state index contributed by atoms with van der Waals surface area (Å²) in [4.78, 5) is 16.6. The molecule has 2 N–H and O–H groups in total. The van der Waals surface area contributed by atoms with Gasteiger partial charge >= 0.3 is 0 Å². The van der Waals surface area contributed by atoms with Crippen molar-refractivity contribution < 1.29 is 14.6 Å². The van der Waals surface area contributed by atoms with Crippen LogP contribution in [0.25, 0.3) is 11.3 Å². The van der Waals surface area contributed by atoms with Gasteiger partial charge < -0.3 is 15.2 Å². The number of nitrogens with one attached hydrogen (secondary N) is 1. The minimum absolute atomic E-state index is 0.128. The number of ether oxygens (including phenoxy) is 1. The Morgan fingerprint density at radius 1 is 1.35 bits per heavy atom. The number of rotatable bonds is 7. The number of hydrogen-bond acceptors (Lipinski definition) is 4. The summed E-state index contributed by atoms with van der Waals surface area (Å²) in [6.07, 6.45) is 2.38. The summed E-state index contributed by atoms with van der Waals surface area (Å²) in [5.74, 6) is 0.765. The highest BCUT2D eigenvalue weighted by atomic mass is 16.5. The molecule has 5 nitrogen and oxygen atoms in total. The van der Waals surface area contributed by atoms with E-state index >= 15 is 0 Å². The van der Waals surface area contributed by atoms with Gasteiger partial charge in [-0.05, 0) is 42.7 Å². The minimum Gasteiger partial charge on any atom is -0.496 e. The van der Waals surface area contributed by atoms with Crippen molar-refractivity contribution in [3.05, 3.63) is 48.2 Å². The molecule has 1 heterocycles. The first-order valence-corrected chi connectivity index (χ1v) is 7.64. The Morgan fingerprint density at radius 2 is 2.17 bits per heavy atom. The van der Waals surface area contributed by atoms with Crippen LogP contribution < -0.4 is 10.1 Å². The quantitative estimate of drug-likeness (QED) is 0.824. The van der Waals surface area contributed by atoms with Gasteiger partial charge in [0.1, 0.15) is 5.75 Å². The first-order valence-electron chi connectivity index (χ1n) is 7.64. The molecule has 122 valence electrons. The normalized spacial score (nSPS) is 11.8. The van der Waals surface area contributed by atoms with Crippen LogP contribution in [-0.2, 0) is 0 Å². The van der Waals surface area contributed by atoms with E-state index < -0.39 is 0 Å². The number of pyridine rings is 1. The molecule has 0 saturated heterocycles. The molecule has 1 unspecified atom stereocenters. The van der Waals surface area contributed by atoms with Gasteiger partial charge in [0.25, 0.3) is 5.91 Å². The van der Waals surface area contributed by atoms with E-state index in [1.807, 2.05) is 25.1 Å². The number of amides is 1. The fourth-order valence-electron chi connectivity index (χ4n) is 2.26. The second kappa shape index (κ2) is 8.29. The SMILES string of the molecule is COc1ccc(C(=O)NCC(C)CCO)cc1-c1ccccn1. The number of nitrogens with zero attached hydrogens (tertiary/aromatic N) is 1. The summed E-state index contributed by atoms with van der Waals surface area (Å²) in [6, 6.07) is 10.9. The standard InChI is InChI=1S/C18H22N2O3/c1-13(8-10-21)12-20-18(22)14-6-7-17(23-2)15(11-14)16-5-3-4-9-19-16/h3-7,9,11,13,21H,8,10,12H2,1-2H3,(H,20,22). The van der Waals surface area contributed by atoms with Crippen molar-refractivity contribution in [2.24, 2.45) is 5.92 Å².